The van der Waals surface area contributed by atoms with E-state index in [1.807, 2.05) is 0 Å². The number of halogens is 1. The molecular formula is C14H17ClN5O3S-. The summed E-state index contributed by atoms with van der Waals surface area (Å²) in [5, 5.41) is 4.33. The van der Waals surface area contributed by atoms with Crippen LogP contribution in [0.1, 0.15) is 13.8 Å². The Morgan fingerprint density at radius 2 is 2.25 bits per heavy atom. The first-order valence-electron chi connectivity index (χ1n) is 7.16. The maximum absolute atomic E-state index is 12.6. The number of pyridine rings is 1. The van der Waals surface area contributed by atoms with Crippen molar-refractivity contribution < 1.29 is 13.6 Å². The summed E-state index contributed by atoms with van der Waals surface area (Å²) in [7, 11) is 1.33. The van der Waals surface area contributed by atoms with E-state index in [1.165, 1.54) is 23.6 Å². The zero-order chi connectivity index (χ0) is 17.9. The maximum Gasteiger partial charge on any atom is 0.245 e. The number of anilines is 1. The monoisotopic (exact) mass is 370 g/mol. The van der Waals surface area contributed by atoms with Gasteiger partial charge in [0.25, 0.3) is 0 Å². The van der Waals surface area contributed by atoms with E-state index in [1.54, 1.807) is 37.6 Å². The molecule has 10 heteroatoms. The summed E-state index contributed by atoms with van der Waals surface area (Å²) in [5.41, 5.74) is 1.10. The molecule has 0 saturated carbocycles. The largest absolute Gasteiger partial charge is 0.760 e. The Morgan fingerprint density at radius 1 is 1.54 bits per heavy atom. The normalized spacial score (nSPS) is 13.8. The summed E-state index contributed by atoms with van der Waals surface area (Å²) in [6, 6.07) is 2.70. The third-order valence-electron chi connectivity index (χ3n) is 3.57. The molecule has 8 nitrogen and oxygen atoms in total. The highest BCUT2D eigenvalue weighted by Crippen LogP contribution is 2.26. The second kappa shape index (κ2) is 7.84. The van der Waals surface area contributed by atoms with Gasteiger partial charge < -0.3 is 9.45 Å². The van der Waals surface area contributed by atoms with E-state index in [0.717, 1.165) is 4.31 Å². The van der Waals surface area contributed by atoms with Crippen molar-refractivity contribution >= 4 is 34.5 Å². The van der Waals surface area contributed by atoms with E-state index in [0.29, 0.717) is 17.9 Å². The zero-order valence-electron chi connectivity index (χ0n) is 13.4. The standard InChI is InChI=1S/C14H18ClN5O3S/c1-4-19(14(21)10(2)18(3)24(22)23)12-9-20(17-13(12)15)11-6-5-7-16-8-11/h5-10H,4H2,1-3H3,(H,22,23)/p-1. The number of amides is 1. The van der Waals surface area contributed by atoms with E-state index in [4.69, 9.17) is 11.6 Å². The second-order valence-electron chi connectivity index (χ2n) is 4.98. The molecule has 0 fully saturated rings. The fraction of sp³-hybridized carbons (Fsp3) is 0.357. The fourth-order valence-electron chi connectivity index (χ4n) is 2.10. The van der Waals surface area contributed by atoms with Crippen LogP contribution in [0.2, 0.25) is 5.15 Å². The van der Waals surface area contributed by atoms with Crippen LogP contribution in [0.25, 0.3) is 5.69 Å². The van der Waals surface area contributed by atoms with Gasteiger partial charge in [-0.25, -0.2) is 8.99 Å². The summed E-state index contributed by atoms with van der Waals surface area (Å²) >= 11 is 3.69. The average molecular weight is 371 g/mol. The number of hydrogen-bond acceptors (Lipinski definition) is 5. The van der Waals surface area contributed by atoms with Gasteiger partial charge in [-0.1, -0.05) is 11.6 Å². The first kappa shape index (κ1) is 18.5. The van der Waals surface area contributed by atoms with Crippen molar-refractivity contribution in [2.45, 2.75) is 19.9 Å². The van der Waals surface area contributed by atoms with Crippen LogP contribution in [0.4, 0.5) is 5.69 Å². The summed E-state index contributed by atoms with van der Waals surface area (Å²) in [6.07, 6.45) is 4.86. The lowest BCUT2D eigenvalue weighted by atomic mass is 10.2. The summed E-state index contributed by atoms with van der Waals surface area (Å²) in [6.45, 7) is 3.61. The highest BCUT2D eigenvalue weighted by molar-refractivity contribution is 7.76. The molecule has 2 heterocycles. The van der Waals surface area contributed by atoms with Crippen LogP contribution in [-0.2, 0) is 16.1 Å². The Bertz CT molecular complexity index is 739. The van der Waals surface area contributed by atoms with Crippen LogP contribution in [0.5, 0.6) is 0 Å². The van der Waals surface area contributed by atoms with E-state index < -0.39 is 23.2 Å². The lowest BCUT2D eigenvalue weighted by Crippen LogP contribution is -2.46. The first-order valence-corrected chi connectivity index (χ1v) is 8.57. The van der Waals surface area contributed by atoms with Crippen LogP contribution in [0.3, 0.4) is 0 Å². The average Bonchev–Trinajstić information content (AvgIpc) is 2.96. The number of carbonyl (C=O) groups is 1. The van der Waals surface area contributed by atoms with Gasteiger partial charge in [-0.05, 0) is 33.0 Å². The Kier molecular flexibility index (Phi) is 6.05. The third kappa shape index (κ3) is 3.81. The van der Waals surface area contributed by atoms with Crippen molar-refractivity contribution in [3.63, 3.8) is 0 Å². The quantitative estimate of drug-likeness (QED) is 0.716. The molecule has 0 bridgehead atoms. The van der Waals surface area contributed by atoms with E-state index >= 15 is 0 Å². The van der Waals surface area contributed by atoms with Gasteiger partial charge in [0.2, 0.25) is 5.91 Å². The van der Waals surface area contributed by atoms with Crippen LogP contribution in [-0.4, -0.2) is 53.4 Å². The molecule has 0 aliphatic carbocycles. The summed E-state index contributed by atoms with van der Waals surface area (Å²) in [4.78, 5) is 18.0. The van der Waals surface area contributed by atoms with Crippen LogP contribution in [0, 0.1) is 0 Å². The van der Waals surface area contributed by atoms with Gasteiger partial charge in [-0.3, -0.25) is 14.0 Å². The Labute approximate surface area is 147 Å². The lowest BCUT2D eigenvalue weighted by molar-refractivity contribution is -0.121. The molecule has 2 rings (SSSR count). The lowest BCUT2D eigenvalue weighted by Gasteiger charge is -2.29. The molecule has 0 N–H and O–H groups in total. The predicted molar refractivity (Wildman–Crippen MR) is 90.5 cm³/mol. The van der Waals surface area contributed by atoms with Gasteiger partial charge >= 0.3 is 0 Å². The Hall–Kier alpha value is -1.81. The number of carbonyl (C=O) groups excluding carboxylic acids is 1. The smallest absolute Gasteiger partial charge is 0.245 e. The van der Waals surface area contributed by atoms with Crippen molar-refractivity contribution in [1.29, 1.82) is 0 Å². The van der Waals surface area contributed by atoms with Gasteiger partial charge in [0.15, 0.2) is 5.15 Å². The predicted octanol–water partition coefficient (Wildman–Crippen LogP) is 1.39. The Balaban J connectivity index is 2.33. The number of aromatic nitrogens is 3. The molecule has 0 radical (unpaired) electrons. The number of nitrogens with zero attached hydrogens (tertiary/aromatic N) is 5. The summed E-state index contributed by atoms with van der Waals surface area (Å²) < 4.78 is 24.6. The highest BCUT2D eigenvalue weighted by atomic mass is 35.5. The number of rotatable bonds is 6. The molecule has 2 aromatic rings. The minimum atomic E-state index is -2.49. The fourth-order valence-corrected chi connectivity index (χ4v) is 2.68. The molecule has 0 aromatic carbocycles. The molecular weight excluding hydrogens is 354 g/mol. The first-order chi connectivity index (χ1) is 11.4. The molecule has 1 amide bonds. The zero-order valence-corrected chi connectivity index (χ0v) is 15.0. The van der Waals surface area contributed by atoms with E-state index in [2.05, 4.69) is 10.1 Å². The van der Waals surface area contributed by atoms with Gasteiger partial charge in [-0.2, -0.15) is 5.10 Å². The molecule has 0 aliphatic rings. The van der Waals surface area contributed by atoms with Gasteiger partial charge in [-0.15, -0.1) is 0 Å². The SMILES string of the molecule is CCN(C(=O)C(C)N(C)S(=O)[O-])c1cn(-c2cccnc2)nc1Cl. The maximum atomic E-state index is 12.6. The Morgan fingerprint density at radius 3 is 2.79 bits per heavy atom. The van der Waals surface area contributed by atoms with Crippen molar-refractivity contribution in [2.24, 2.45) is 0 Å². The van der Waals surface area contributed by atoms with Gasteiger partial charge in [0, 0.05) is 24.0 Å². The third-order valence-corrected chi connectivity index (χ3v) is 4.63. The van der Waals surface area contributed by atoms with Gasteiger partial charge in [0.1, 0.15) is 5.69 Å². The minimum Gasteiger partial charge on any atom is -0.760 e. The van der Waals surface area contributed by atoms with Crippen molar-refractivity contribution in [3.05, 3.63) is 35.9 Å². The van der Waals surface area contributed by atoms with Crippen molar-refractivity contribution in [3.8, 4) is 5.69 Å². The highest BCUT2D eigenvalue weighted by Gasteiger charge is 2.27. The van der Waals surface area contributed by atoms with Crippen LogP contribution >= 0.6 is 11.6 Å². The molecule has 130 valence electrons. The molecule has 0 spiro atoms. The molecule has 2 atom stereocenters. The summed E-state index contributed by atoms with van der Waals surface area (Å²) in [5.74, 6) is -0.392. The van der Waals surface area contributed by atoms with Crippen molar-refractivity contribution in [1.82, 2.24) is 19.1 Å². The molecule has 0 aliphatic heterocycles. The minimum absolute atomic E-state index is 0.146. The molecule has 2 unspecified atom stereocenters. The molecule has 24 heavy (non-hydrogen) atoms. The van der Waals surface area contributed by atoms with Crippen LogP contribution < -0.4 is 4.90 Å². The second-order valence-corrected chi connectivity index (χ2v) is 6.35. The molecule has 0 saturated heterocycles. The van der Waals surface area contributed by atoms with Crippen LogP contribution in [0.15, 0.2) is 30.7 Å². The van der Waals surface area contributed by atoms with Crippen molar-refractivity contribution in [2.75, 3.05) is 18.5 Å². The van der Waals surface area contributed by atoms with E-state index in [-0.39, 0.29) is 5.15 Å². The van der Waals surface area contributed by atoms with E-state index in [9.17, 15) is 13.6 Å². The topological polar surface area (TPSA) is 94.4 Å². The van der Waals surface area contributed by atoms with Gasteiger partial charge in [0.05, 0.1) is 24.1 Å². The number of hydrogen-bond donors (Lipinski definition) is 0. The molecule has 2 aromatic heterocycles. The number of likely N-dealkylation sites (N-methyl/N-ethyl adjacent to an activating group) is 2.